The molecule has 0 radical (unpaired) electrons. The van der Waals surface area contributed by atoms with E-state index in [1.807, 2.05) is 0 Å². The number of rotatable bonds is 4. The van der Waals surface area contributed by atoms with E-state index in [1.165, 1.54) is 0 Å². The van der Waals surface area contributed by atoms with Crippen molar-refractivity contribution >= 4 is 23.0 Å². The van der Waals surface area contributed by atoms with Gasteiger partial charge in [0, 0.05) is 27.5 Å². The molecule has 0 heterocycles. The molecule has 0 aliphatic rings. The van der Waals surface area contributed by atoms with Crippen LogP contribution in [-0.2, 0) is 27.1 Å². The SMILES string of the molecule is COC.CP(=O)(O)OP(=O)(O)OP(C)(=O)O. The van der Waals surface area contributed by atoms with E-state index >= 15 is 0 Å². The first-order valence-corrected chi connectivity index (χ1v) is 9.13. The van der Waals surface area contributed by atoms with E-state index in [0.717, 1.165) is 0 Å². The van der Waals surface area contributed by atoms with Crippen molar-refractivity contribution in [1.29, 1.82) is 0 Å². The molecule has 2 unspecified atom stereocenters. The Bertz CT molecular complexity index is 298. The number of hydrogen-bond donors (Lipinski definition) is 3. The van der Waals surface area contributed by atoms with Crippen LogP contribution in [0.4, 0.5) is 0 Å². The minimum absolute atomic E-state index is 0.636. The van der Waals surface area contributed by atoms with E-state index in [9.17, 15) is 13.7 Å². The van der Waals surface area contributed by atoms with Crippen molar-refractivity contribution < 1.29 is 41.7 Å². The third-order valence-corrected chi connectivity index (χ3v) is 4.58. The zero-order valence-electron chi connectivity index (χ0n) is 9.13. The maximum atomic E-state index is 10.7. The summed E-state index contributed by atoms with van der Waals surface area (Å²) in [4.78, 5) is 25.6. The molecule has 0 fully saturated rings. The van der Waals surface area contributed by atoms with Crippen molar-refractivity contribution in [2.45, 2.75) is 0 Å². The lowest BCUT2D eigenvalue weighted by molar-refractivity contribution is 0.259. The molecule has 0 spiro atoms. The first-order valence-electron chi connectivity index (χ1n) is 3.59. The predicted octanol–water partition coefficient (Wildman–Crippen LogP) is 1.01. The average molecular weight is 300 g/mol. The molecule has 12 heteroatoms. The largest absolute Gasteiger partial charge is 0.486 e. The van der Waals surface area contributed by atoms with Gasteiger partial charge in [0.2, 0.25) is 0 Å². The Morgan fingerprint density at radius 2 is 1.00 bits per heavy atom. The quantitative estimate of drug-likeness (QED) is 0.649. The Morgan fingerprint density at radius 1 is 0.812 bits per heavy atom. The number of phosphoric acid groups is 1. The number of ether oxygens (including phenoxy) is 1. The van der Waals surface area contributed by atoms with Crippen LogP contribution < -0.4 is 0 Å². The summed E-state index contributed by atoms with van der Waals surface area (Å²) in [6.45, 7) is 1.27. The number of methoxy groups -OCH3 is 1. The molecule has 16 heavy (non-hydrogen) atoms. The van der Waals surface area contributed by atoms with Gasteiger partial charge in [0.1, 0.15) is 0 Å². The fourth-order valence-corrected chi connectivity index (χ4v) is 3.85. The van der Waals surface area contributed by atoms with Crippen LogP contribution in [0.1, 0.15) is 0 Å². The smallest absolute Gasteiger partial charge is 0.388 e. The molecule has 100 valence electrons. The zero-order chi connectivity index (χ0) is 13.6. The molecule has 0 bridgehead atoms. The summed E-state index contributed by atoms with van der Waals surface area (Å²) in [5.41, 5.74) is 0. The molecule has 9 nitrogen and oxygen atoms in total. The summed E-state index contributed by atoms with van der Waals surface area (Å²) in [6, 6.07) is 0. The van der Waals surface area contributed by atoms with Gasteiger partial charge >= 0.3 is 23.0 Å². The second-order valence-electron chi connectivity index (χ2n) is 2.65. The summed E-state index contributed by atoms with van der Waals surface area (Å²) in [6.07, 6.45) is 0. The topological polar surface area (TPSA) is 140 Å². The minimum Gasteiger partial charge on any atom is -0.388 e. The zero-order valence-corrected chi connectivity index (χ0v) is 11.8. The molecule has 3 N–H and O–H groups in total. The average Bonchev–Trinajstić information content (AvgIpc) is 1.73. The van der Waals surface area contributed by atoms with Gasteiger partial charge in [-0.1, -0.05) is 0 Å². The van der Waals surface area contributed by atoms with Crippen LogP contribution in [0.25, 0.3) is 0 Å². The summed E-state index contributed by atoms with van der Waals surface area (Å²) in [5, 5.41) is 0. The Hall–Kier alpha value is 0.450. The lowest BCUT2D eigenvalue weighted by Crippen LogP contribution is -1.91. The van der Waals surface area contributed by atoms with Crippen molar-refractivity contribution in [3.8, 4) is 0 Å². The van der Waals surface area contributed by atoms with E-state index in [0.29, 0.717) is 13.3 Å². The van der Waals surface area contributed by atoms with Gasteiger partial charge in [-0.05, 0) is 0 Å². The molecule has 0 aliphatic carbocycles. The molecule has 0 saturated heterocycles. The van der Waals surface area contributed by atoms with E-state index < -0.39 is 23.0 Å². The van der Waals surface area contributed by atoms with Crippen molar-refractivity contribution in [2.75, 3.05) is 27.5 Å². The highest BCUT2D eigenvalue weighted by Crippen LogP contribution is 2.64. The Morgan fingerprint density at radius 3 is 1.12 bits per heavy atom. The predicted molar refractivity (Wildman–Crippen MR) is 56.4 cm³/mol. The van der Waals surface area contributed by atoms with Gasteiger partial charge in [-0.3, -0.25) is 9.13 Å². The Labute approximate surface area is 93.0 Å². The Kier molecular flexibility index (Phi) is 8.24. The van der Waals surface area contributed by atoms with Crippen LogP contribution in [0.15, 0.2) is 0 Å². The summed E-state index contributed by atoms with van der Waals surface area (Å²) in [7, 11) is -10.2. The third-order valence-electron chi connectivity index (χ3n) is 0.509. The van der Waals surface area contributed by atoms with Crippen molar-refractivity contribution in [3.63, 3.8) is 0 Å². The molecule has 0 aromatic rings. The lowest BCUT2D eigenvalue weighted by atomic mass is 11.6. The highest BCUT2D eigenvalue weighted by atomic mass is 31.3. The van der Waals surface area contributed by atoms with E-state index in [4.69, 9.17) is 14.7 Å². The summed E-state index contributed by atoms with van der Waals surface area (Å²) >= 11 is 0. The lowest BCUT2D eigenvalue weighted by Gasteiger charge is -2.14. The van der Waals surface area contributed by atoms with Crippen LogP contribution in [0.2, 0.25) is 0 Å². The molecule has 0 aliphatic heterocycles. The third kappa shape index (κ3) is 16.9. The van der Waals surface area contributed by atoms with Gasteiger partial charge in [0.25, 0.3) is 0 Å². The van der Waals surface area contributed by atoms with Crippen LogP contribution in [0.3, 0.4) is 0 Å². The molecular formula is C4H15O9P3. The summed E-state index contributed by atoms with van der Waals surface area (Å²) < 4.78 is 43.2. The summed E-state index contributed by atoms with van der Waals surface area (Å²) in [5.74, 6) is 0. The van der Waals surface area contributed by atoms with Gasteiger partial charge in [-0.25, -0.2) is 13.2 Å². The Balaban J connectivity index is 0. The molecular weight excluding hydrogens is 285 g/mol. The normalized spacial score (nSPS) is 21.9. The molecule has 0 aromatic heterocycles. The maximum absolute atomic E-state index is 10.7. The molecule has 0 saturated carbocycles. The van der Waals surface area contributed by atoms with Gasteiger partial charge in [0.05, 0.1) is 0 Å². The minimum atomic E-state index is -4.96. The highest BCUT2D eigenvalue weighted by Gasteiger charge is 2.35. The molecule has 0 amide bonds. The van der Waals surface area contributed by atoms with Crippen LogP contribution in [0.5, 0.6) is 0 Å². The molecule has 0 aromatic carbocycles. The fourth-order valence-electron chi connectivity index (χ4n) is 0.398. The monoisotopic (exact) mass is 300 g/mol. The van der Waals surface area contributed by atoms with Crippen molar-refractivity contribution in [2.24, 2.45) is 0 Å². The van der Waals surface area contributed by atoms with E-state index in [-0.39, 0.29) is 0 Å². The second kappa shape index (κ2) is 7.01. The van der Waals surface area contributed by atoms with Crippen LogP contribution in [-0.4, -0.2) is 42.2 Å². The van der Waals surface area contributed by atoms with Gasteiger partial charge in [-0.2, -0.15) is 0 Å². The molecule has 0 rings (SSSR count). The van der Waals surface area contributed by atoms with Crippen molar-refractivity contribution in [1.82, 2.24) is 0 Å². The second-order valence-corrected chi connectivity index (χ2v) is 8.10. The number of hydrogen-bond acceptors (Lipinski definition) is 6. The van der Waals surface area contributed by atoms with Crippen LogP contribution in [0, 0.1) is 0 Å². The van der Waals surface area contributed by atoms with E-state index in [1.54, 1.807) is 14.2 Å². The van der Waals surface area contributed by atoms with Gasteiger partial charge < -0.3 is 19.4 Å². The van der Waals surface area contributed by atoms with Crippen molar-refractivity contribution in [3.05, 3.63) is 0 Å². The maximum Gasteiger partial charge on any atom is 0.486 e. The first-order chi connectivity index (χ1) is 6.83. The standard InChI is InChI=1S/C2H9O8P3.C2H6O/c1-11(3,4)9-13(7,8)10-12(2,5)6;1-3-2/h1-2H3,(H,3,4)(H,5,6)(H,7,8);1-2H3. The fraction of sp³-hybridized carbons (Fsp3) is 1.00. The van der Waals surface area contributed by atoms with E-state index in [2.05, 4.69) is 13.4 Å². The van der Waals surface area contributed by atoms with Gasteiger partial charge in [0.15, 0.2) is 0 Å². The first kappa shape index (κ1) is 18.8. The van der Waals surface area contributed by atoms with Crippen LogP contribution >= 0.6 is 23.0 Å². The van der Waals surface area contributed by atoms with Gasteiger partial charge in [-0.15, -0.1) is 0 Å². The highest BCUT2D eigenvalue weighted by molar-refractivity contribution is 7.69. The molecule has 2 atom stereocenters.